The van der Waals surface area contributed by atoms with E-state index in [9.17, 15) is 9.59 Å². The van der Waals surface area contributed by atoms with Crippen LogP contribution in [0, 0.1) is 0 Å². The molecule has 10 heteroatoms. The van der Waals surface area contributed by atoms with Crippen LogP contribution in [0.5, 0.6) is 0 Å². The molecule has 0 spiro atoms. The number of carbonyl (C=O) groups is 2. The number of aromatic nitrogens is 3. The molecule has 1 aromatic carbocycles. The molecule has 0 aliphatic rings. The number of anilines is 1. The number of thiophene rings is 1. The highest BCUT2D eigenvalue weighted by Crippen LogP contribution is 2.27. The number of amides is 1. The van der Waals surface area contributed by atoms with Crippen molar-refractivity contribution < 1.29 is 14.3 Å². The summed E-state index contributed by atoms with van der Waals surface area (Å²) in [7, 11) is 0. The first kappa shape index (κ1) is 22.0. The molecule has 0 fully saturated rings. The quantitative estimate of drug-likeness (QED) is 0.364. The highest BCUT2D eigenvalue weighted by atomic mass is 35.5. The Labute approximate surface area is 197 Å². The van der Waals surface area contributed by atoms with E-state index >= 15 is 0 Å². The topological polar surface area (TPSA) is 86.1 Å². The molecule has 1 amide bonds. The lowest BCUT2D eigenvalue weighted by Crippen LogP contribution is -2.31. The number of esters is 1. The van der Waals surface area contributed by atoms with Gasteiger partial charge in [-0.3, -0.25) is 4.79 Å². The predicted octanol–water partition coefficient (Wildman–Crippen LogP) is 5.49. The summed E-state index contributed by atoms with van der Waals surface area (Å²) in [6.07, 6.45) is 0.241. The average Bonchev–Trinajstić information content (AvgIpc) is 3.46. The number of ether oxygens (including phenoxy) is 1. The zero-order valence-electron chi connectivity index (χ0n) is 16.7. The monoisotopic (exact) mass is 486 g/mol. The van der Waals surface area contributed by atoms with E-state index in [-0.39, 0.29) is 16.5 Å². The van der Waals surface area contributed by atoms with Crippen molar-refractivity contribution in [2.75, 3.05) is 5.32 Å². The van der Waals surface area contributed by atoms with Gasteiger partial charge in [-0.1, -0.05) is 47.5 Å². The lowest BCUT2D eigenvalue weighted by Gasteiger charge is -2.14. The Kier molecular flexibility index (Phi) is 6.55. The summed E-state index contributed by atoms with van der Waals surface area (Å²) in [4.78, 5) is 30.4. The van der Waals surface area contributed by atoms with Crippen LogP contribution in [0.3, 0.4) is 0 Å². The van der Waals surface area contributed by atoms with E-state index in [4.69, 9.17) is 27.9 Å². The third-order valence-corrected chi connectivity index (χ3v) is 5.78. The Bertz CT molecular complexity index is 1260. The van der Waals surface area contributed by atoms with Gasteiger partial charge in [-0.05, 0) is 36.6 Å². The van der Waals surface area contributed by atoms with Crippen LogP contribution in [0.15, 0.2) is 66.2 Å². The number of rotatable bonds is 6. The van der Waals surface area contributed by atoms with Crippen LogP contribution < -0.4 is 5.32 Å². The molecule has 3 heterocycles. The van der Waals surface area contributed by atoms with Crippen LogP contribution in [-0.4, -0.2) is 32.7 Å². The molecule has 0 bridgehead atoms. The zero-order chi connectivity index (χ0) is 22.7. The Morgan fingerprint density at radius 1 is 1.12 bits per heavy atom. The fraction of sp³-hybridized carbons (Fsp3) is 0.0909. The van der Waals surface area contributed by atoms with Crippen molar-refractivity contribution in [1.82, 2.24) is 14.8 Å². The Morgan fingerprint density at radius 2 is 1.91 bits per heavy atom. The number of benzene rings is 1. The number of pyridine rings is 1. The number of hydrogen-bond donors (Lipinski definition) is 1. The van der Waals surface area contributed by atoms with E-state index in [2.05, 4.69) is 15.4 Å². The number of para-hydroxylation sites is 1. The summed E-state index contributed by atoms with van der Waals surface area (Å²) < 4.78 is 6.92. The van der Waals surface area contributed by atoms with Crippen molar-refractivity contribution in [3.63, 3.8) is 0 Å². The first-order chi connectivity index (χ1) is 15.4. The molecular weight excluding hydrogens is 471 g/mol. The first-order valence-electron chi connectivity index (χ1n) is 9.44. The zero-order valence-corrected chi connectivity index (χ0v) is 19.0. The normalized spacial score (nSPS) is 11.7. The van der Waals surface area contributed by atoms with Gasteiger partial charge in [-0.15, -0.1) is 11.3 Å². The number of nitrogens with zero attached hydrogens (tertiary/aromatic N) is 3. The van der Waals surface area contributed by atoms with Crippen LogP contribution in [0.1, 0.15) is 17.4 Å². The lowest BCUT2D eigenvalue weighted by molar-refractivity contribution is -0.123. The Balaban J connectivity index is 1.56. The van der Waals surface area contributed by atoms with Crippen LogP contribution in [0.4, 0.5) is 5.82 Å². The predicted molar refractivity (Wildman–Crippen MR) is 125 cm³/mol. The molecule has 4 rings (SSSR count). The van der Waals surface area contributed by atoms with Crippen LogP contribution in [0.25, 0.3) is 16.3 Å². The van der Waals surface area contributed by atoms with Crippen molar-refractivity contribution in [1.29, 1.82) is 0 Å². The third kappa shape index (κ3) is 4.83. The minimum Gasteiger partial charge on any atom is -0.448 e. The van der Waals surface area contributed by atoms with E-state index in [0.29, 0.717) is 16.4 Å². The smallest absolute Gasteiger partial charge is 0.357 e. The highest BCUT2D eigenvalue weighted by molar-refractivity contribution is 7.13. The summed E-state index contributed by atoms with van der Waals surface area (Å²) >= 11 is 13.4. The van der Waals surface area contributed by atoms with Crippen molar-refractivity contribution >= 4 is 52.2 Å². The molecule has 7 nitrogen and oxygen atoms in total. The molecular formula is C22H16Cl2N4O3S. The summed E-state index contributed by atoms with van der Waals surface area (Å²) in [5.74, 6) is -1.15. The molecule has 0 unspecified atom stereocenters. The number of nitrogens with one attached hydrogen (secondary N) is 1. The van der Waals surface area contributed by atoms with Gasteiger partial charge in [0.2, 0.25) is 0 Å². The summed E-state index contributed by atoms with van der Waals surface area (Å²) in [6.45, 7) is 1.46. The summed E-state index contributed by atoms with van der Waals surface area (Å²) in [6, 6.07) is 16.1. The van der Waals surface area contributed by atoms with Gasteiger partial charge in [-0.2, -0.15) is 5.10 Å². The Morgan fingerprint density at radius 3 is 2.59 bits per heavy atom. The fourth-order valence-electron chi connectivity index (χ4n) is 2.84. The largest absolute Gasteiger partial charge is 0.448 e. The second-order valence-electron chi connectivity index (χ2n) is 6.66. The van der Waals surface area contributed by atoms with Crippen LogP contribution in [-0.2, 0) is 9.53 Å². The van der Waals surface area contributed by atoms with Gasteiger partial charge in [0.05, 0.1) is 20.6 Å². The maximum Gasteiger partial charge on any atom is 0.357 e. The second-order valence-corrected chi connectivity index (χ2v) is 8.45. The fourth-order valence-corrected chi connectivity index (χ4v) is 3.95. The maximum absolute atomic E-state index is 13.0. The molecule has 0 saturated carbocycles. The number of carbonyl (C=O) groups excluding carboxylic acids is 2. The highest BCUT2D eigenvalue weighted by Gasteiger charge is 2.24. The molecule has 4 aromatic rings. The molecule has 32 heavy (non-hydrogen) atoms. The molecule has 1 N–H and O–H groups in total. The molecule has 1 atom stereocenters. The van der Waals surface area contributed by atoms with E-state index in [1.165, 1.54) is 35.2 Å². The van der Waals surface area contributed by atoms with Crippen LogP contribution >= 0.6 is 34.5 Å². The minimum absolute atomic E-state index is 0.123. The average molecular weight is 487 g/mol. The van der Waals surface area contributed by atoms with E-state index in [1.807, 2.05) is 47.8 Å². The molecule has 162 valence electrons. The van der Waals surface area contributed by atoms with E-state index in [0.717, 1.165) is 4.88 Å². The lowest BCUT2D eigenvalue weighted by atomic mass is 10.3. The van der Waals surface area contributed by atoms with E-state index in [1.54, 1.807) is 6.07 Å². The van der Waals surface area contributed by atoms with Gasteiger partial charge in [0.15, 0.2) is 17.6 Å². The van der Waals surface area contributed by atoms with Gasteiger partial charge in [0.1, 0.15) is 5.69 Å². The minimum atomic E-state index is -1.11. The van der Waals surface area contributed by atoms with Gasteiger partial charge in [0, 0.05) is 12.3 Å². The maximum atomic E-state index is 13.0. The number of halogens is 2. The van der Waals surface area contributed by atoms with E-state index < -0.39 is 18.0 Å². The molecule has 0 aliphatic heterocycles. The first-order valence-corrected chi connectivity index (χ1v) is 11.1. The third-order valence-electron chi connectivity index (χ3n) is 4.40. The molecule has 0 radical (unpaired) electrons. The van der Waals surface area contributed by atoms with Gasteiger partial charge in [-0.25, -0.2) is 14.5 Å². The van der Waals surface area contributed by atoms with Gasteiger partial charge in [0.25, 0.3) is 5.91 Å². The SMILES string of the molecule is C[C@@H](OC(=O)c1cc(-c2cccs2)nn1-c1ccccc1)C(=O)Nc1ncc(Cl)cc1Cl. The van der Waals surface area contributed by atoms with Gasteiger partial charge < -0.3 is 10.1 Å². The number of hydrogen-bond acceptors (Lipinski definition) is 6. The second kappa shape index (κ2) is 9.52. The van der Waals surface area contributed by atoms with Crippen molar-refractivity contribution in [3.05, 3.63) is 81.9 Å². The standard InChI is InChI=1S/C22H16Cl2N4O3S/c1-13(21(29)26-20-16(24)10-14(23)12-25-20)31-22(30)18-11-17(19-8-5-9-32-19)27-28(18)15-6-3-2-4-7-15/h2-13H,1H3,(H,25,26,29)/t13-/m1/s1. The molecule has 0 aliphatic carbocycles. The van der Waals surface area contributed by atoms with Crippen LogP contribution in [0.2, 0.25) is 10.0 Å². The Hall–Kier alpha value is -3.20. The van der Waals surface area contributed by atoms with Crippen molar-refractivity contribution in [2.24, 2.45) is 0 Å². The van der Waals surface area contributed by atoms with Gasteiger partial charge >= 0.3 is 5.97 Å². The molecule has 0 saturated heterocycles. The molecule has 3 aromatic heterocycles. The van der Waals surface area contributed by atoms with Crippen molar-refractivity contribution in [2.45, 2.75) is 13.0 Å². The van der Waals surface area contributed by atoms with Crippen molar-refractivity contribution in [3.8, 4) is 16.3 Å². The summed E-state index contributed by atoms with van der Waals surface area (Å²) in [5.41, 5.74) is 1.52. The summed E-state index contributed by atoms with van der Waals surface area (Å²) in [5, 5.41) is 9.54.